The summed E-state index contributed by atoms with van der Waals surface area (Å²) in [6.45, 7) is 0.746. The highest BCUT2D eigenvalue weighted by atomic mass is 32.2. The Morgan fingerprint density at radius 2 is 2.11 bits per heavy atom. The van der Waals surface area contributed by atoms with Crippen molar-refractivity contribution >= 4 is 15.9 Å². The molecule has 1 atom stereocenters. The Kier molecular flexibility index (Phi) is 6.25. The Bertz CT molecular complexity index is 911. The van der Waals surface area contributed by atoms with Crippen LogP contribution in [0.1, 0.15) is 18.6 Å². The predicted molar refractivity (Wildman–Crippen MR) is 102 cm³/mol. The average molecular weight is 408 g/mol. The van der Waals surface area contributed by atoms with Crippen LogP contribution in [0.25, 0.3) is 0 Å². The maximum atomic E-state index is 13.2. The van der Waals surface area contributed by atoms with Crippen LogP contribution in [0.15, 0.2) is 45.9 Å². The number of carbonyl (C=O) groups is 1. The number of carbonyl (C=O) groups excluding carboxylic acids is 1. The van der Waals surface area contributed by atoms with Crippen LogP contribution >= 0.6 is 0 Å². The number of rotatable bonds is 7. The maximum Gasteiger partial charge on any atom is 0.246 e. The molecule has 1 aliphatic rings. The van der Waals surface area contributed by atoms with Gasteiger partial charge in [0.05, 0.1) is 32.9 Å². The maximum absolute atomic E-state index is 13.2. The molecule has 1 aliphatic heterocycles. The number of sulfonamides is 1. The molecule has 0 aliphatic carbocycles. The molecule has 1 saturated heterocycles. The highest BCUT2D eigenvalue weighted by molar-refractivity contribution is 7.89. The number of furan rings is 1. The van der Waals surface area contributed by atoms with Gasteiger partial charge in [-0.15, -0.1) is 0 Å². The first-order valence-electron chi connectivity index (χ1n) is 8.98. The number of nitrogens with one attached hydrogen (secondary N) is 1. The summed E-state index contributed by atoms with van der Waals surface area (Å²) in [6, 6.07) is 8.15. The van der Waals surface area contributed by atoms with Crippen molar-refractivity contribution in [1.82, 2.24) is 9.62 Å². The van der Waals surface area contributed by atoms with E-state index in [1.807, 2.05) is 0 Å². The molecular weight excluding hydrogens is 384 g/mol. The zero-order chi connectivity index (χ0) is 20.1. The van der Waals surface area contributed by atoms with E-state index < -0.39 is 15.9 Å². The highest BCUT2D eigenvalue weighted by Crippen LogP contribution is 2.32. The van der Waals surface area contributed by atoms with Crippen LogP contribution in [-0.2, 0) is 21.4 Å². The molecule has 152 valence electrons. The number of ether oxygens (including phenoxy) is 2. The first-order valence-corrected chi connectivity index (χ1v) is 10.4. The van der Waals surface area contributed by atoms with Gasteiger partial charge in [0.25, 0.3) is 0 Å². The van der Waals surface area contributed by atoms with Gasteiger partial charge in [0.15, 0.2) is 0 Å². The summed E-state index contributed by atoms with van der Waals surface area (Å²) in [7, 11) is -0.943. The van der Waals surface area contributed by atoms with Gasteiger partial charge < -0.3 is 19.2 Å². The lowest BCUT2D eigenvalue weighted by atomic mass is 9.99. The van der Waals surface area contributed by atoms with Crippen LogP contribution in [-0.4, -0.2) is 45.9 Å². The third kappa shape index (κ3) is 4.31. The summed E-state index contributed by atoms with van der Waals surface area (Å²) in [5, 5.41) is 2.81. The topological polar surface area (TPSA) is 98.1 Å². The number of piperidine rings is 1. The molecule has 8 nitrogen and oxygen atoms in total. The van der Waals surface area contributed by atoms with Crippen LogP contribution in [0.3, 0.4) is 0 Å². The molecule has 0 unspecified atom stereocenters. The summed E-state index contributed by atoms with van der Waals surface area (Å²) in [6.07, 6.45) is 2.77. The smallest absolute Gasteiger partial charge is 0.246 e. The second kappa shape index (κ2) is 8.66. The fourth-order valence-electron chi connectivity index (χ4n) is 3.23. The Morgan fingerprint density at radius 1 is 1.29 bits per heavy atom. The fraction of sp³-hybridized carbons (Fsp3) is 0.421. The quantitative estimate of drug-likeness (QED) is 0.753. The molecule has 0 spiro atoms. The first kappa shape index (κ1) is 20.2. The molecule has 2 heterocycles. The van der Waals surface area contributed by atoms with E-state index >= 15 is 0 Å². The van der Waals surface area contributed by atoms with Gasteiger partial charge in [0, 0.05) is 19.2 Å². The summed E-state index contributed by atoms with van der Waals surface area (Å²) < 4.78 is 43.3. The minimum absolute atomic E-state index is 0.0333. The standard InChI is InChI=1S/C19H24N2O6S/c1-25-15-7-8-17(26-2)18(11-15)28(23,24)21-9-3-5-14(13-21)19(22)20-12-16-6-4-10-27-16/h4,6-8,10-11,14H,3,5,9,12-13H2,1-2H3,(H,20,22)/t14-/m1/s1. The third-order valence-electron chi connectivity index (χ3n) is 4.76. The molecular formula is C19H24N2O6S. The number of methoxy groups -OCH3 is 2. The lowest BCUT2D eigenvalue weighted by Gasteiger charge is -2.31. The molecule has 1 aromatic carbocycles. The van der Waals surface area contributed by atoms with E-state index in [-0.39, 0.29) is 29.6 Å². The number of hydrogen-bond acceptors (Lipinski definition) is 6. The van der Waals surface area contributed by atoms with Gasteiger partial charge in [-0.25, -0.2) is 8.42 Å². The summed E-state index contributed by atoms with van der Waals surface area (Å²) in [5.41, 5.74) is 0. The molecule has 28 heavy (non-hydrogen) atoms. The first-order chi connectivity index (χ1) is 13.5. The van der Waals surface area contributed by atoms with E-state index in [9.17, 15) is 13.2 Å². The van der Waals surface area contributed by atoms with Crippen molar-refractivity contribution in [3.63, 3.8) is 0 Å². The van der Waals surface area contributed by atoms with Gasteiger partial charge in [-0.1, -0.05) is 0 Å². The monoisotopic (exact) mass is 408 g/mol. The molecule has 0 radical (unpaired) electrons. The van der Waals surface area contributed by atoms with Crippen LogP contribution in [0, 0.1) is 5.92 Å². The van der Waals surface area contributed by atoms with Gasteiger partial charge in [-0.2, -0.15) is 4.31 Å². The van der Waals surface area contributed by atoms with E-state index in [1.165, 1.54) is 30.9 Å². The molecule has 1 N–H and O–H groups in total. The van der Waals surface area contributed by atoms with Gasteiger partial charge in [0.2, 0.25) is 15.9 Å². The van der Waals surface area contributed by atoms with Crippen molar-refractivity contribution in [3.8, 4) is 11.5 Å². The van der Waals surface area contributed by atoms with Crippen molar-refractivity contribution < 1.29 is 27.1 Å². The second-order valence-corrected chi connectivity index (χ2v) is 8.42. The molecule has 0 bridgehead atoms. The molecule has 3 rings (SSSR count). The highest BCUT2D eigenvalue weighted by Gasteiger charge is 2.35. The van der Waals surface area contributed by atoms with Gasteiger partial charge in [-0.05, 0) is 37.1 Å². The lowest BCUT2D eigenvalue weighted by molar-refractivity contribution is -0.126. The molecule has 9 heteroatoms. The second-order valence-electron chi connectivity index (χ2n) is 6.52. The summed E-state index contributed by atoms with van der Waals surface area (Å²) >= 11 is 0. The number of amides is 1. The van der Waals surface area contributed by atoms with Crippen molar-refractivity contribution in [2.45, 2.75) is 24.3 Å². The van der Waals surface area contributed by atoms with E-state index in [2.05, 4.69) is 5.32 Å². The van der Waals surface area contributed by atoms with Crippen LogP contribution in [0.5, 0.6) is 11.5 Å². The van der Waals surface area contributed by atoms with Crippen LogP contribution < -0.4 is 14.8 Å². The average Bonchev–Trinajstić information content (AvgIpc) is 3.25. The van der Waals surface area contributed by atoms with Gasteiger partial charge in [0.1, 0.15) is 22.2 Å². The molecule has 1 amide bonds. The lowest BCUT2D eigenvalue weighted by Crippen LogP contribution is -2.45. The van der Waals surface area contributed by atoms with Crippen molar-refractivity contribution in [3.05, 3.63) is 42.4 Å². The normalized spacial score (nSPS) is 17.9. The number of benzene rings is 1. The zero-order valence-electron chi connectivity index (χ0n) is 15.9. The Hall–Kier alpha value is -2.52. The van der Waals surface area contributed by atoms with Crippen molar-refractivity contribution in [2.24, 2.45) is 5.92 Å². The van der Waals surface area contributed by atoms with E-state index in [0.717, 1.165) is 0 Å². The fourth-order valence-corrected chi connectivity index (χ4v) is 4.93. The largest absolute Gasteiger partial charge is 0.497 e. The Morgan fingerprint density at radius 3 is 2.79 bits per heavy atom. The number of nitrogens with zero attached hydrogens (tertiary/aromatic N) is 1. The Balaban J connectivity index is 1.74. The van der Waals surface area contributed by atoms with Crippen molar-refractivity contribution in [1.29, 1.82) is 0 Å². The predicted octanol–water partition coefficient (Wildman–Crippen LogP) is 2.01. The van der Waals surface area contributed by atoms with Crippen molar-refractivity contribution in [2.75, 3.05) is 27.3 Å². The summed E-state index contributed by atoms with van der Waals surface area (Å²) in [4.78, 5) is 12.5. The summed E-state index contributed by atoms with van der Waals surface area (Å²) in [5.74, 6) is 0.702. The molecule has 0 saturated carbocycles. The van der Waals surface area contributed by atoms with Crippen LogP contribution in [0.2, 0.25) is 0 Å². The molecule has 2 aromatic rings. The molecule has 1 aromatic heterocycles. The van der Waals surface area contributed by atoms with Gasteiger partial charge in [-0.3, -0.25) is 4.79 Å². The van der Waals surface area contributed by atoms with E-state index in [4.69, 9.17) is 13.9 Å². The number of hydrogen-bond donors (Lipinski definition) is 1. The minimum atomic E-state index is -3.83. The minimum Gasteiger partial charge on any atom is -0.497 e. The zero-order valence-corrected chi connectivity index (χ0v) is 16.7. The van der Waals surface area contributed by atoms with E-state index in [0.29, 0.717) is 30.9 Å². The van der Waals surface area contributed by atoms with Crippen LogP contribution in [0.4, 0.5) is 0 Å². The molecule has 1 fully saturated rings. The third-order valence-corrected chi connectivity index (χ3v) is 6.65. The van der Waals surface area contributed by atoms with Gasteiger partial charge >= 0.3 is 0 Å². The Labute approximate surface area is 164 Å². The SMILES string of the molecule is COc1ccc(OC)c(S(=O)(=O)N2CCC[C@@H](C(=O)NCc3ccco3)C2)c1. The van der Waals surface area contributed by atoms with E-state index in [1.54, 1.807) is 24.3 Å².